The molecule has 3 rings (SSSR count). The zero-order valence-corrected chi connectivity index (χ0v) is 16.9. The highest BCUT2D eigenvalue weighted by molar-refractivity contribution is 7.10. The highest BCUT2D eigenvalue weighted by Crippen LogP contribution is 2.22. The Morgan fingerprint density at radius 3 is 2.92 bits per heavy atom. The smallest absolute Gasteiger partial charge is 0.226 e. The van der Waals surface area contributed by atoms with Crippen LogP contribution in [0.2, 0.25) is 5.02 Å². The molecule has 1 N–H and O–H groups in total. The molecule has 0 aliphatic rings. The molecule has 2 heterocycles. The molecule has 0 bridgehead atoms. The standard InChI is InChI=1S/C19H19ClN2O2S2/c1-12-8-15(5-6-16(12)20)24-10-19-22-14(11-26-19)9-18(23)21-13(2)17-4-3-7-25-17/h3-8,11,13H,9-10H2,1-2H3,(H,21,23). The maximum atomic E-state index is 12.2. The van der Waals surface area contributed by atoms with Crippen molar-refractivity contribution >= 4 is 40.2 Å². The van der Waals surface area contributed by atoms with Crippen molar-refractivity contribution in [3.8, 4) is 5.75 Å². The van der Waals surface area contributed by atoms with Crippen LogP contribution >= 0.6 is 34.3 Å². The third-order valence-corrected chi connectivity index (χ3v) is 6.13. The first-order valence-corrected chi connectivity index (χ1v) is 10.3. The van der Waals surface area contributed by atoms with Gasteiger partial charge in [-0.3, -0.25) is 4.79 Å². The summed E-state index contributed by atoms with van der Waals surface area (Å²) in [6.45, 7) is 4.30. The number of nitrogens with zero attached hydrogens (tertiary/aromatic N) is 1. The number of rotatable bonds is 7. The number of aryl methyl sites for hydroxylation is 1. The predicted molar refractivity (Wildman–Crippen MR) is 107 cm³/mol. The van der Waals surface area contributed by atoms with Gasteiger partial charge in [-0.15, -0.1) is 22.7 Å². The van der Waals surface area contributed by atoms with Crippen LogP contribution in [0.15, 0.2) is 41.1 Å². The second kappa shape index (κ2) is 8.66. The predicted octanol–water partition coefficient (Wildman–Crippen LogP) is 5.17. The van der Waals surface area contributed by atoms with Gasteiger partial charge in [0, 0.05) is 15.3 Å². The molecule has 0 aliphatic heterocycles. The van der Waals surface area contributed by atoms with E-state index in [1.165, 1.54) is 11.3 Å². The molecule has 0 radical (unpaired) electrons. The number of nitrogens with one attached hydrogen (secondary N) is 1. The van der Waals surface area contributed by atoms with Crippen molar-refractivity contribution in [2.24, 2.45) is 0 Å². The Hall–Kier alpha value is -1.89. The van der Waals surface area contributed by atoms with Gasteiger partial charge >= 0.3 is 0 Å². The molecule has 1 unspecified atom stereocenters. The number of carbonyl (C=O) groups excluding carboxylic acids is 1. The number of hydrogen-bond acceptors (Lipinski definition) is 5. The van der Waals surface area contributed by atoms with Crippen LogP contribution in [-0.2, 0) is 17.8 Å². The molecular formula is C19H19ClN2O2S2. The summed E-state index contributed by atoms with van der Waals surface area (Å²) in [7, 11) is 0. The number of amides is 1. The number of halogens is 1. The van der Waals surface area contributed by atoms with E-state index in [0.717, 1.165) is 31.9 Å². The van der Waals surface area contributed by atoms with Gasteiger partial charge in [0.1, 0.15) is 17.4 Å². The van der Waals surface area contributed by atoms with E-state index >= 15 is 0 Å². The Morgan fingerprint density at radius 2 is 2.19 bits per heavy atom. The highest BCUT2D eigenvalue weighted by atomic mass is 35.5. The zero-order valence-electron chi connectivity index (χ0n) is 14.5. The van der Waals surface area contributed by atoms with E-state index in [1.54, 1.807) is 11.3 Å². The van der Waals surface area contributed by atoms with E-state index in [4.69, 9.17) is 16.3 Å². The van der Waals surface area contributed by atoms with Gasteiger partial charge < -0.3 is 10.1 Å². The molecule has 1 amide bonds. The SMILES string of the molecule is Cc1cc(OCc2nc(CC(=O)NC(C)c3cccs3)cs2)ccc1Cl. The van der Waals surface area contributed by atoms with Crippen molar-refractivity contribution in [3.63, 3.8) is 0 Å². The van der Waals surface area contributed by atoms with Gasteiger partial charge in [0.2, 0.25) is 5.91 Å². The number of thiophene rings is 1. The molecule has 3 aromatic rings. The number of benzene rings is 1. The van der Waals surface area contributed by atoms with Crippen molar-refractivity contribution in [2.75, 3.05) is 0 Å². The molecule has 0 saturated heterocycles. The summed E-state index contributed by atoms with van der Waals surface area (Å²) in [6.07, 6.45) is 0.270. The number of carbonyl (C=O) groups is 1. The second-order valence-electron chi connectivity index (χ2n) is 5.91. The van der Waals surface area contributed by atoms with Crippen LogP contribution in [0.25, 0.3) is 0 Å². The molecule has 1 atom stereocenters. The first-order valence-electron chi connectivity index (χ1n) is 8.16. The number of hydrogen-bond donors (Lipinski definition) is 1. The Morgan fingerprint density at radius 1 is 1.35 bits per heavy atom. The molecule has 0 saturated carbocycles. The summed E-state index contributed by atoms with van der Waals surface area (Å²) in [5.41, 5.74) is 1.73. The lowest BCUT2D eigenvalue weighted by molar-refractivity contribution is -0.121. The average Bonchev–Trinajstić information content (AvgIpc) is 3.27. The first-order chi connectivity index (χ1) is 12.5. The maximum absolute atomic E-state index is 12.2. The molecule has 0 spiro atoms. The minimum absolute atomic E-state index is 0.0112. The van der Waals surface area contributed by atoms with Gasteiger partial charge in [-0.25, -0.2) is 4.98 Å². The molecule has 0 fully saturated rings. The van der Waals surface area contributed by atoms with Gasteiger partial charge in [0.25, 0.3) is 0 Å². The molecule has 0 aliphatic carbocycles. The van der Waals surface area contributed by atoms with Crippen molar-refractivity contribution < 1.29 is 9.53 Å². The molecule has 2 aromatic heterocycles. The van der Waals surface area contributed by atoms with Crippen molar-refractivity contribution in [2.45, 2.75) is 32.9 Å². The molecule has 136 valence electrons. The van der Waals surface area contributed by atoms with Crippen LogP contribution < -0.4 is 10.1 Å². The molecule has 7 heteroatoms. The third kappa shape index (κ3) is 5.06. The van der Waals surface area contributed by atoms with E-state index in [0.29, 0.717) is 6.61 Å². The van der Waals surface area contributed by atoms with E-state index in [2.05, 4.69) is 10.3 Å². The monoisotopic (exact) mass is 406 g/mol. The van der Waals surface area contributed by atoms with Crippen LogP contribution in [-0.4, -0.2) is 10.9 Å². The lowest BCUT2D eigenvalue weighted by atomic mass is 10.2. The minimum atomic E-state index is -0.0306. The largest absolute Gasteiger partial charge is 0.486 e. The molecular weight excluding hydrogens is 388 g/mol. The number of aromatic nitrogens is 1. The Bertz CT molecular complexity index is 878. The Labute approximate surface area is 165 Å². The van der Waals surface area contributed by atoms with Gasteiger partial charge in [-0.05, 0) is 49.1 Å². The van der Waals surface area contributed by atoms with E-state index in [1.807, 2.05) is 54.9 Å². The third-order valence-electron chi connectivity index (χ3n) is 3.78. The summed E-state index contributed by atoms with van der Waals surface area (Å²) in [5.74, 6) is 0.725. The second-order valence-corrected chi connectivity index (χ2v) is 8.24. The first kappa shape index (κ1) is 18.9. The molecule has 4 nitrogen and oxygen atoms in total. The molecule has 1 aromatic carbocycles. The van der Waals surface area contributed by atoms with Crippen molar-refractivity contribution in [1.82, 2.24) is 10.3 Å². The van der Waals surface area contributed by atoms with E-state index < -0.39 is 0 Å². The fraction of sp³-hybridized carbons (Fsp3) is 0.263. The van der Waals surface area contributed by atoms with Crippen molar-refractivity contribution in [1.29, 1.82) is 0 Å². The summed E-state index contributed by atoms with van der Waals surface area (Å²) in [6, 6.07) is 9.57. The van der Waals surface area contributed by atoms with Gasteiger partial charge in [0.05, 0.1) is 18.2 Å². The zero-order chi connectivity index (χ0) is 18.5. The van der Waals surface area contributed by atoms with Crippen molar-refractivity contribution in [3.05, 3.63) is 67.3 Å². The summed E-state index contributed by atoms with van der Waals surface area (Å²) < 4.78 is 5.75. The quantitative estimate of drug-likeness (QED) is 0.589. The fourth-order valence-corrected chi connectivity index (χ4v) is 3.97. The average molecular weight is 407 g/mol. The highest BCUT2D eigenvalue weighted by Gasteiger charge is 2.13. The Balaban J connectivity index is 1.51. The maximum Gasteiger partial charge on any atom is 0.226 e. The van der Waals surface area contributed by atoms with Gasteiger partial charge in [0.15, 0.2) is 0 Å². The van der Waals surface area contributed by atoms with Crippen LogP contribution in [0, 0.1) is 6.92 Å². The van der Waals surface area contributed by atoms with Gasteiger partial charge in [-0.1, -0.05) is 17.7 Å². The van der Waals surface area contributed by atoms with Crippen LogP contribution in [0.1, 0.15) is 34.1 Å². The summed E-state index contributed by atoms with van der Waals surface area (Å²) in [4.78, 5) is 17.8. The fourth-order valence-electron chi connectivity index (χ4n) is 2.41. The normalized spacial score (nSPS) is 12.0. The van der Waals surface area contributed by atoms with Gasteiger partial charge in [-0.2, -0.15) is 0 Å². The summed E-state index contributed by atoms with van der Waals surface area (Å²) in [5, 5.41) is 8.47. The number of thiazole rings is 1. The van der Waals surface area contributed by atoms with Crippen LogP contribution in [0.3, 0.4) is 0 Å². The lowest BCUT2D eigenvalue weighted by Crippen LogP contribution is -2.27. The summed E-state index contributed by atoms with van der Waals surface area (Å²) >= 11 is 9.15. The molecule has 26 heavy (non-hydrogen) atoms. The lowest BCUT2D eigenvalue weighted by Gasteiger charge is -2.11. The van der Waals surface area contributed by atoms with Crippen LogP contribution in [0.5, 0.6) is 5.75 Å². The van der Waals surface area contributed by atoms with E-state index in [9.17, 15) is 4.79 Å². The number of ether oxygens (including phenoxy) is 1. The van der Waals surface area contributed by atoms with E-state index in [-0.39, 0.29) is 18.4 Å². The topological polar surface area (TPSA) is 51.2 Å². The Kier molecular flexibility index (Phi) is 6.29. The van der Waals surface area contributed by atoms with Crippen LogP contribution in [0.4, 0.5) is 0 Å². The minimum Gasteiger partial charge on any atom is -0.486 e.